The molecule has 0 aromatic rings. The predicted molar refractivity (Wildman–Crippen MR) is 104 cm³/mol. The number of hydrogen-bond acceptors (Lipinski definition) is 6. The van der Waals surface area contributed by atoms with Gasteiger partial charge in [-0.1, -0.05) is 0 Å². The van der Waals surface area contributed by atoms with Crippen LogP contribution in [0.4, 0.5) is 0 Å². The monoisotopic (exact) mass is 397 g/mol. The Kier molecular flexibility index (Phi) is 13.8. The minimum atomic E-state index is -1.77. The maximum atomic E-state index is 8.68. The smallest absolute Gasteiger partial charge is 0.189 e. The number of ether oxygens (including phenoxy) is 2. The quantitative estimate of drug-likeness (QED) is 0.231. The molecule has 0 spiro atoms. The molecule has 0 unspecified atom stereocenters. The lowest BCUT2D eigenvalue weighted by molar-refractivity contribution is 0.0576. The van der Waals surface area contributed by atoms with Crippen LogP contribution in [0.3, 0.4) is 0 Å². The molecule has 0 fully saturated rings. The van der Waals surface area contributed by atoms with Crippen molar-refractivity contribution in [3.05, 3.63) is 0 Å². The van der Waals surface area contributed by atoms with Crippen molar-refractivity contribution in [3.63, 3.8) is 0 Å². The van der Waals surface area contributed by atoms with E-state index in [0.29, 0.717) is 26.4 Å². The lowest BCUT2D eigenvalue weighted by atomic mass is 10.5. The molecule has 24 heavy (non-hydrogen) atoms. The lowest BCUT2D eigenvalue weighted by Gasteiger charge is -2.33. The van der Waals surface area contributed by atoms with E-state index >= 15 is 0 Å². The van der Waals surface area contributed by atoms with Gasteiger partial charge in [-0.15, -0.1) is 0 Å². The van der Waals surface area contributed by atoms with E-state index < -0.39 is 16.6 Å². The molecule has 145 valence electrons. The van der Waals surface area contributed by atoms with Crippen LogP contribution in [0.25, 0.3) is 0 Å². The molecule has 0 bridgehead atoms. The number of aliphatic hydroxyl groups excluding tert-OH is 2. The van der Waals surface area contributed by atoms with Crippen LogP contribution in [0.5, 0.6) is 0 Å². The van der Waals surface area contributed by atoms with Crippen molar-refractivity contribution >= 4 is 26.9 Å². The molecule has 6 nitrogen and oxygen atoms in total. The van der Waals surface area contributed by atoms with Gasteiger partial charge >= 0.3 is 0 Å². The zero-order chi connectivity index (χ0) is 18.5. The van der Waals surface area contributed by atoms with Gasteiger partial charge in [0.25, 0.3) is 0 Å². The average Bonchev–Trinajstić information content (AvgIpc) is 2.45. The van der Waals surface area contributed by atoms with Crippen LogP contribution in [0, 0.1) is 0 Å². The number of rotatable bonds is 16. The normalized spacial score (nSPS) is 13.0. The largest absolute Gasteiger partial charge is 0.398 e. The van der Waals surface area contributed by atoms with E-state index in [1.165, 1.54) is 0 Å². The van der Waals surface area contributed by atoms with E-state index in [9.17, 15) is 0 Å². The molecular formula is C15H37O6Si3. The summed E-state index contributed by atoms with van der Waals surface area (Å²) in [6.07, 6.45) is 1.91. The highest BCUT2D eigenvalue weighted by Crippen LogP contribution is 2.20. The first kappa shape index (κ1) is 24.4. The summed E-state index contributed by atoms with van der Waals surface area (Å²) in [7, 11) is -1.76. The van der Waals surface area contributed by atoms with Gasteiger partial charge in [-0.2, -0.15) is 0 Å². The van der Waals surface area contributed by atoms with Crippen LogP contribution in [-0.4, -0.2) is 82.6 Å². The number of aliphatic hydroxyl groups is 2. The third-order valence-corrected chi connectivity index (χ3v) is 9.42. The van der Waals surface area contributed by atoms with Gasteiger partial charge in [0.2, 0.25) is 0 Å². The summed E-state index contributed by atoms with van der Waals surface area (Å²) in [5, 5.41) is 17.4. The number of hydrogen-bond donors (Lipinski definition) is 2. The Labute approximate surface area is 152 Å². The summed E-state index contributed by atoms with van der Waals surface area (Å²) in [5.74, 6) is -0.148. The fourth-order valence-corrected chi connectivity index (χ4v) is 8.94. The van der Waals surface area contributed by atoms with E-state index in [0.717, 1.165) is 24.9 Å². The topological polar surface area (TPSA) is 77.4 Å². The van der Waals surface area contributed by atoms with E-state index in [1.807, 2.05) is 0 Å². The van der Waals surface area contributed by atoms with Crippen LogP contribution in [-0.2, 0) is 18.3 Å². The SMILES string of the molecule is C[Si](C)(CCCOCCO)OC([SiH2])O[Si](C)(C)CCCOCCO. The van der Waals surface area contributed by atoms with E-state index in [-0.39, 0.29) is 19.1 Å². The third-order valence-electron chi connectivity index (χ3n) is 3.51. The second-order valence-corrected chi connectivity index (χ2v) is 16.2. The van der Waals surface area contributed by atoms with Crippen molar-refractivity contribution in [2.45, 2.75) is 57.0 Å². The Balaban J connectivity index is 3.99. The van der Waals surface area contributed by atoms with E-state index in [2.05, 4.69) is 26.2 Å². The molecule has 0 heterocycles. The Morgan fingerprint density at radius 1 is 0.750 bits per heavy atom. The molecule has 0 saturated heterocycles. The first-order chi connectivity index (χ1) is 11.2. The van der Waals surface area contributed by atoms with Crippen LogP contribution < -0.4 is 0 Å². The maximum Gasteiger partial charge on any atom is 0.189 e. The van der Waals surface area contributed by atoms with Gasteiger partial charge in [-0.25, -0.2) is 0 Å². The molecule has 0 atom stereocenters. The summed E-state index contributed by atoms with van der Waals surface area (Å²) in [5.41, 5.74) is 0. The van der Waals surface area contributed by atoms with Crippen LogP contribution in [0.2, 0.25) is 38.3 Å². The van der Waals surface area contributed by atoms with Crippen molar-refractivity contribution in [3.8, 4) is 0 Å². The molecule has 0 aromatic heterocycles. The Hall–Kier alpha value is 0.411. The molecular weight excluding hydrogens is 360 g/mol. The molecule has 0 aliphatic carbocycles. The van der Waals surface area contributed by atoms with E-state index in [1.54, 1.807) is 10.2 Å². The molecule has 1 radical (unpaired) electrons. The van der Waals surface area contributed by atoms with Gasteiger partial charge in [0.05, 0.1) is 36.7 Å². The van der Waals surface area contributed by atoms with Gasteiger partial charge in [-0.05, 0) is 51.1 Å². The minimum Gasteiger partial charge on any atom is -0.398 e. The third kappa shape index (κ3) is 14.7. The van der Waals surface area contributed by atoms with Gasteiger partial charge in [0.15, 0.2) is 16.6 Å². The predicted octanol–water partition coefficient (Wildman–Crippen LogP) is 1.14. The Morgan fingerprint density at radius 3 is 1.46 bits per heavy atom. The maximum absolute atomic E-state index is 8.68. The molecule has 0 amide bonds. The molecule has 2 N–H and O–H groups in total. The Morgan fingerprint density at radius 2 is 1.12 bits per heavy atom. The van der Waals surface area contributed by atoms with Crippen LogP contribution in [0.15, 0.2) is 0 Å². The molecule has 0 aliphatic heterocycles. The summed E-state index contributed by atoms with van der Waals surface area (Å²) in [4.78, 5) is 0. The zero-order valence-corrected chi connectivity index (χ0v) is 19.3. The van der Waals surface area contributed by atoms with Crippen molar-refractivity contribution in [1.82, 2.24) is 0 Å². The Bertz CT molecular complexity index is 277. The summed E-state index contributed by atoms with van der Waals surface area (Å²) in [6, 6.07) is 2.04. The zero-order valence-electron chi connectivity index (χ0n) is 15.9. The van der Waals surface area contributed by atoms with Gasteiger partial charge in [0, 0.05) is 13.2 Å². The van der Waals surface area contributed by atoms with Crippen molar-refractivity contribution in [2.75, 3.05) is 39.6 Å². The molecule has 0 aromatic carbocycles. The van der Waals surface area contributed by atoms with Crippen molar-refractivity contribution in [1.29, 1.82) is 0 Å². The van der Waals surface area contributed by atoms with Gasteiger partial charge < -0.3 is 28.5 Å². The van der Waals surface area contributed by atoms with Crippen LogP contribution in [0.1, 0.15) is 12.8 Å². The fraction of sp³-hybridized carbons (Fsp3) is 1.00. The first-order valence-corrected chi connectivity index (χ1v) is 15.8. The summed E-state index contributed by atoms with van der Waals surface area (Å²) < 4.78 is 23.0. The van der Waals surface area contributed by atoms with Crippen LogP contribution >= 0.6 is 0 Å². The lowest BCUT2D eigenvalue weighted by Crippen LogP contribution is -2.43. The second-order valence-electron chi connectivity index (χ2n) is 7.06. The van der Waals surface area contributed by atoms with Crippen molar-refractivity contribution in [2.24, 2.45) is 0 Å². The fourth-order valence-electron chi connectivity index (χ4n) is 2.39. The second kappa shape index (κ2) is 13.6. The molecule has 0 saturated carbocycles. The highest BCUT2D eigenvalue weighted by atomic mass is 28.4. The van der Waals surface area contributed by atoms with Gasteiger partial charge in [-0.3, -0.25) is 0 Å². The summed E-state index contributed by atoms with van der Waals surface area (Å²) >= 11 is 0. The highest BCUT2D eigenvalue weighted by Gasteiger charge is 2.29. The molecule has 9 heteroatoms. The molecule has 0 rings (SSSR count). The standard InChI is InChI=1S/C15H37O6Si3/c1-23(2,13-5-9-18-11-7-16)20-15(22)21-24(3,4)14-6-10-19-12-8-17/h15-17H,5-14,22H2,1-4H3. The summed E-state index contributed by atoms with van der Waals surface area (Å²) in [6.45, 7) is 11.2. The minimum absolute atomic E-state index is 0.0774. The average molecular weight is 398 g/mol. The van der Waals surface area contributed by atoms with Crippen molar-refractivity contribution < 1.29 is 28.5 Å². The molecule has 0 aliphatic rings. The highest BCUT2D eigenvalue weighted by molar-refractivity contribution is 6.72. The van der Waals surface area contributed by atoms with Gasteiger partial charge in [0.1, 0.15) is 5.91 Å². The first-order valence-electron chi connectivity index (χ1n) is 8.78. The van der Waals surface area contributed by atoms with E-state index in [4.69, 9.17) is 28.5 Å².